The lowest BCUT2D eigenvalue weighted by Gasteiger charge is -2.41. The molecule has 0 aliphatic carbocycles. The van der Waals surface area contributed by atoms with E-state index < -0.39 is 90.8 Å². The second-order valence-corrected chi connectivity index (χ2v) is 13.2. The molecule has 3 aromatic rings. The lowest BCUT2D eigenvalue weighted by Crippen LogP contribution is -2.48. The number of amides is 3. The number of benzene rings is 2. The standard InChI is InChI=1S/C36H45F2N5O8/c1-36(2,3)33(29-17-23(25-18-24(37)9-10-26(25)38)20-42(29)19-22-7-5-4-6-8-22)43(31(46)21-44)16-14-27(39)34(49)40-15-13-30(45)41-28(35(50)51)11-12-32(47)48/h4-10,17-18,20,27-28,33,44H,11-16,19,21,39H2,1-3H3,(H,40,49)(H,41,45)(H,47,48)(H,50,51)/t27-,28-,33-/m0/s1/i/hD. The van der Waals surface area contributed by atoms with Crippen LogP contribution in [-0.4, -0.2) is 86.2 Å². The van der Waals surface area contributed by atoms with Crippen molar-refractivity contribution < 1.29 is 49.5 Å². The maximum atomic E-state index is 15.0. The highest BCUT2D eigenvalue weighted by Crippen LogP contribution is 2.41. The number of aliphatic carboxylic acids is 2. The third kappa shape index (κ3) is 11.7. The highest BCUT2D eigenvalue weighted by molar-refractivity contribution is 5.85. The summed E-state index contributed by atoms with van der Waals surface area (Å²) in [5.41, 5.74) is 7.22. The molecule has 1 heterocycles. The molecule has 3 amide bonds. The SMILES string of the molecule is [2H]N(CCC(=O)N[C@@H](CCC(=O)O)C(=O)O)C(=O)[C@@H](N)CCN(C(=O)CO)[C@@H](c1cc(-c2cc(F)ccc2F)cn1Cc1ccccc1)C(C)(C)C. The van der Waals surface area contributed by atoms with Crippen LogP contribution in [0.4, 0.5) is 8.78 Å². The Morgan fingerprint density at radius 2 is 1.69 bits per heavy atom. The van der Waals surface area contributed by atoms with Crippen LogP contribution in [-0.2, 0) is 30.5 Å². The minimum absolute atomic E-state index is 0.0105. The van der Waals surface area contributed by atoms with Crippen LogP contribution in [0.2, 0.25) is 1.41 Å². The van der Waals surface area contributed by atoms with Crippen LogP contribution < -0.4 is 16.4 Å². The zero-order valence-electron chi connectivity index (χ0n) is 29.7. The van der Waals surface area contributed by atoms with Crippen molar-refractivity contribution in [3.05, 3.63) is 83.7 Å². The number of aliphatic hydroxyl groups is 1. The summed E-state index contributed by atoms with van der Waals surface area (Å²) in [5.74, 6) is -6.37. The fourth-order valence-corrected chi connectivity index (χ4v) is 5.68. The average molecular weight is 715 g/mol. The molecule has 0 aliphatic heterocycles. The van der Waals surface area contributed by atoms with E-state index in [0.717, 1.165) is 23.8 Å². The number of carbonyl (C=O) groups excluding carboxylic acids is 3. The van der Waals surface area contributed by atoms with Gasteiger partial charge in [-0.25, -0.2) is 13.6 Å². The molecule has 15 heteroatoms. The van der Waals surface area contributed by atoms with Crippen LogP contribution >= 0.6 is 0 Å². The molecular weight excluding hydrogens is 668 g/mol. The van der Waals surface area contributed by atoms with Crippen LogP contribution in [0.5, 0.6) is 0 Å². The zero-order chi connectivity index (χ0) is 38.7. The third-order valence-corrected chi connectivity index (χ3v) is 8.12. The number of rotatable bonds is 18. The van der Waals surface area contributed by atoms with Crippen molar-refractivity contribution in [2.75, 3.05) is 19.7 Å². The number of hydrogen-bond acceptors (Lipinski definition) is 7. The van der Waals surface area contributed by atoms with Crippen molar-refractivity contribution in [3.63, 3.8) is 0 Å². The number of nitrogens with one attached hydrogen (secondary N) is 2. The van der Waals surface area contributed by atoms with Gasteiger partial charge >= 0.3 is 11.9 Å². The molecule has 7 N–H and O–H groups in total. The Bertz CT molecular complexity index is 1730. The van der Waals surface area contributed by atoms with E-state index in [9.17, 15) is 43.0 Å². The van der Waals surface area contributed by atoms with Crippen LogP contribution in [0.1, 0.15) is 63.8 Å². The van der Waals surface area contributed by atoms with E-state index >= 15 is 0 Å². The smallest absolute Gasteiger partial charge is 0.326 e. The van der Waals surface area contributed by atoms with Crippen molar-refractivity contribution in [2.45, 2.75) is 71.1 Å². The quantitative estimate of drug-likeness (QED) is 0.114. The summed E-state index contributed by atoms with van der Waals surface area (Å²) in [6, 6.07) is 10.5. The van der Waals surface area contributed by atoms with E-state index in [1.165, 1.54) is 4.90 Å². The van der Waals surface area contributed by atoms with E-state index in [0.29, 0.717) is 23.1 Å². The van der Waals surface area contributed by atoms with Gasteiger partial charge in [0.15, 0.2) is 1.41 Å². The van der Waals surface area contributed by atoms with Gasteiger partial charge in [0.05, 0.1) is 12.1 Å². The summed E-state index contributed by atoms with van der Waals surface area (Å²) in [6.45, 7) is 4.37. The largest absolute Gasteiger partial charge is 0.481 e. The van der Waals surface area contributed by atoms with Crippen molar-refractivity contribution in [1.29, 1.82) is 0 Å². The van der Waals surface area contributed by atoms with Gasteiger partial charge in [0, 0.05) is 55.5 Å². The highest BCUT2D eigenvalue weighted by atomic mass is 19.1. The average Bonchev–Trinajstić information content (AvgIpc) is 3.49. The van der Waals surface area contributed by atoms with Gasteiger partial charge in [0.2, 0.25) is 17.7 Å². The molecule has 0 spiro atoms. The van der Waals surface area contributed by atoms with Crippen molar-refractivity contribution in [1.82, 2.24) is 20.1 Å². The first-order valence-corrected chi connectivity index (χ1v) is 16.3. The second-order valence-electron chi connectivity index (χ2n) is 13.2. The monoisotopic (exact) mass is 714 g/mol. The lowest BCUT2D eigenvalue weighted by molar-refractivity contribution is -0.143. The number of nitrogens with zero attached hydrogens (tertiary/aromatic N) is 2. The zero-order valence-corrected chi connectivity index (χ0v) is 28.7. The first-order chi connectivity index (χ1) is 24.4. The van der Waals surface area contributed by atoms with Crippen LogP contribution in [0.15, 0.2) is 60.8 Å². The number of aliphatic hydroxyl groups excluding tert-OH is 1. The maximum Gasteiger partial charge on any atom is 0.326 e. The van der Waals surface area contributed by atoms with Gasteiger partial charge in [-0.2, -0.15) is 0 Å². The van der Waals surface area contributed by atoms with Gasteiger partial charge in [-0.05, 0) is 48.1 Å². The maximum absolute atomic E-state index is 15.0. The predicted molar refractivity (Wildman–Crippen MR) is 183 cm³/mol. The van der Waals surface area contributed by atoms with E-state index in [2.05, 4.69) is 5.32 Å². The summed E-state index contributed by atoms with van der Waals surface area (Å²) in [6.07, 6.45) is 0.178. The Balaban J connectivity index is 1.85. The minimum Gasteiger partial charge on any atom is -0.481 e. The fraction of sp³-hybridized carbons (Fsp3) is 0.417. The molecule has 0 radical (unpaired) electrons. The number of hydrogen-bond donors (Lipinski definition) is 6. The Morgan fingerprint density at radius 1 is 1.00 bits per heavy atom. The van der Waals surface area contributed by atoms with E-state index in [-0.39, 0.29) is 24.9 Å². The van der Waals surface area contributed by atoms with Crippen molar-refractivity contribution in [3.8, 4) is 11.1 Å². The van der Waals surface area contributed by atoms with Crippen LogP contribution in [0.25, 0.3) is 11.1 Å². The molecule has 0 saturated heterocycles. The first-order valence-electron chi connectivity index (χ1n) is 16.8. The summed E-state index contributed by atoms with van der Waals surface area (Å²) in [7, 11) is 0. The highest BCUT2D eigenvalue weighted by Gasteiger charge is 2.37. The van der Waals surface area contributed by atoms with Gasteiger partial charge in [-0.1, -0.05) is 51.1 Å². The fourth-order valence-electron chi connectivity index (χ4n) is 5.68. The van der Waals surface area contributed by atoms with E-state index in [4.69, 9.17) is 12.3 Å². The predicted octanol–water partition coefficient (Wildman–Crippen LogP) is 3.05. The van der Waals surface area contributed by atoms with Gasteiger partial charge in [-0.3, -0.25) is 19.2 Å². The minimum atomic E-state index is -1.47. The number of carboxylic acid groups (broad SMARTS) is 2. The number of nitrogens with two attached hydrogens (primary N) is 1. The third-order valence-electron chi connectivity index (χ3n) is 8.12. The Hall–Kier alpha value is -5.15. The Morgan fingerprint density at radius 3 is 2.29 bits per heavy atom. The Kier molecular flexibility index (Phi) is 13.8. The van der Waals surface area contributed by atoms with Gasteiger partial charge in [0.1, 0.15) is 24.3 Å². The molecule has 276 valence electrons. The number of aromatic nitrogens is 1. The van der Waals surface area contributed by atoms with Crippen molar-refractivity contribution >= 4 is 29.7 Å². The molecule has 0 unspecified atom stereocenters. The molecular formula is C36H45F2N5O8. The molecule has 13 nitrogen and oxygen atoms in total. The molecule has 0 aliphatic rings. The molecule has 3 rings (SSSR count). The summed E-state index contributed by atoms with van der Waals surface area (Å²) in [4.78, 5) is 62.3. The summed E-state index contributed by atoms with van der Waals surface area (Å²) >= 11 is 0. The summed E-state index contributed by atoms with van der Waals surface area (Å²) < 4.78 is 39.2. The molecule has 1 aromatic heterocycles. The number of carbonyl (C=O) groups is 5. The number of halogens is 2. The second kappa shape index (κ2) is 18.2. The number of carboxylic acids is 2. The molecule has 0 saturated carbocycles. The van der Waals surface area contributed by atoms with Gasteiger partial charge < -0.3 is 41.1 Å². The molecule has 0 fully saturated rings. The van der Waals surface area contributed by atoms with Crippen molar-refractivity contribution in [2.24, 2.45) is 11.1 Å². The molecule has 51 heavy (non-hydrogen) atoms. The Labute approximate surface area is 295 Å². The lowest BCUT2D eigenvalue weighted by atomic mass is 9.82. The van der Waals surface area contributed by atoms with Crippen LogP contribution in [0.3, 0.4) is 0 Å². The first kappa shape index (κ1) is 38.6. The van der Waals surface area contributed by atoms with Crippen LogP contribution in [0, 0.1) is 17.0 Å². The summed E-state index contributed by atoms with van der Waals surface area (Å²) in [5, 5.41) is 30.7. The van der Waals surface area contributed by atoms with E-state index in [1.807, 2.05) is 55.7 Å². The molecule has 2 aromatic carbocycles. The van der Waals surface area contributed by atoms with Gasteiger partial charge in [-0.15, -0.1) is 0 Å². The molecule has 0 bridgehead atoms. The normalized spacial score (nSPS) is 13.4. The van der Waals surface area contributed by atoms with Gasteiger partial charge in [0.25, 0.3) is 0 Å². The van der Waals surface area contributed by atoms with E-state index in [1.54, 1.807) is 12.3 Å². The molecule has 3 atom stereocenters. The topological polar surface area (TPSA) is 204 Å².